The summed E-state index contributed by atoms with van der Waals surface area (Å²) in [5, 5.41) is 2.92. The van der Waals surface area contributed by atoms with E-state index < -0.39 is 5.60 Å². The van der Waals surface area contributed by atoms with Crippen LogP contribution in [0.5, 0.6) is 0 Å². The molecule has 2 fully saturated rings. The second kappa shape index (κ2) is 8.77. The summed E-state index contributed by atoms with van der Waals surface area (Å²) in [5.74, 6) is 0.620. The van der Waals surface area contributed by atoms with Gasteiger partial charge in [-0.15, -0.1) is 0 Å². The van der Waals surface area contributed by atoms with Crippen molar-refractivity contribution in [1.82, 2.24) is 10.2 Å². The minimum absolute atomic E-state index is 0.0703. The van der Waals surface area contributed by atoms with E-state index in [2.05, 4.69) is 31.3 Å². The summed E-state index contributed by atoms with van der Waals surface area (Å²) in [4.78, 5) is 25.5. The quantitative estimate of drug-likeness (QED) is 0.742. The van der Waals surface area contributed by atoms with Gasteiger partial charge in [0.25, 0.3) is 0 Å². The van der Waals surface area contributed by atoms with Gasteiger partial charge >= 0.3 is 6.09 Å². The molecule has 0 bridgehead atoms. The van der Waals surface area contributed by atoms with Gasteiger partial charge in [0, 0.05) is 26.1 Å². The van der Waals surface area contributed by atoms with Crippen LogP contribution in [-0.4, -0.2) is 42.1 Å². The number of ether oxygens (including phenoxy) is 1. The molecule has 2 saturated heterocycles. The maximum absolute atomic E-state index is 12.1. The fraction of sp³-hybridized carbons (Fsp3) is 0.636. The molecule has 2 aliphatic rings. The van der Waals surface area contributed by atoms with E-state index in [0.29, 0.717) is 25.4 Å². The number of piperidine rings is 2. The second-order valence-electron chi connectivity index (χ2n) is 8.87. The SMILES string of the molecule is C[C@H]1CNC(=O)CC12CCN(C(=O)OC(C)(C)C)CC2.Cc1ccccc1. The van der Waals surface area contributed by atoms with Gasteiger partial charge in [-0.1, -0.05) is 42.8 Å². The average Bonchev–Trinajstić information content (AvgIpc) is 2.59. The molecule has 0 aromatic heterocycles. The van der Waals surface area contributed by atoms with Crippen molar-refractivity contribution in [3.63, 3.8) is 0 Å². The van der Waals surface area contributed by atoms with Gasteiger partial charge in [0.1, 0.15) is 5.60 Å². The lowest BCUT2D eigenvalue weighted by Gasteiger charge is -2.47. The molecule has 3 rings (SSSR count). The maximum atomic E-state index is 12.1. The molecule has 1 aromatic carbocycles. The number of hydrogen-bond acceptors (Lipinski definition) is 3. The molecule has 0 unspecified atom stereocenters. The Morgan fingerprint density at radius 1 is 1.19 bits per heavy atom. The largest absolute Gasteiger partial charge is 0.444 e. The van der Waals surface area contributed by atoms with E-state index >= 15 is 0 Å². The molecular weight excluding hydrogens is 340 g/mol. The van der Waals surface area contributed by atoms with E-state index in [1.165, 1.54) is 5.56 Å². The third kappa shape index (κ3) is 6.26. The zero-order valence-electron chi connectivity index (χ0n) is 17.4. The number of likely N-dealkylation sites (tertiary alicyclic amines) is 1. The fourth-order valence-electron chi connectivity index (χ4n) is 3.70. The summed E-state index contributed by atoms with van der Waals surface area (Å²) >= 11 is 0. The standard InChI is InChI=1S/C15H26N2O3.C7H8/c1-11-10-16-12(18)9-15(11)5-7-17(8-6-15)13(19)20-14(2,3)4;1-7-5-3-2-4-6-7/h11H,5-10H2,1-4H3,(H,16,18);2-6H,1H3/t11-;/m0./s1. The minimum atomic E-state index is -0.454. The molecule has 150 valence electrons. The van der Waals surface area contributed by atoms with E-state index in [9.17, 15) is 9.59 Å². The van der Waals surface area contributed by atoms with Gasteiger partial charge in [-0.3, -0.25) is 4.79 Å². The topological polar surface area (TPSA) is 58.6 Å². The van der Waals surface area contributed by atoms with Crippen molar-refractivity contribution in [2.45, 2.75) is 59.5 Å². The summed E-state index contributed by atoms with van der Waals surface area (Å²) in [7, 11) is 0. The highest BCUT2D eigenvalue weighted by Gasteiger charge is 2.44. The van der Waals surface area contributed by atoms with Crippen LogP contribution in [0.2, 0.25) is 0 Å². The van der Waals surface area contributed by atoms with Crippen molar-refractivity contribution in [2.24, 2.45) is 11.3 Å². The minimum Gasteiger partial charge on any atom is -0.444 e. The van der Waals surface area contributed by atoms with Gasteiger partial charge < -0.3 is 15.0 Å². The van der Waals surface area contributed by atoms with Crippen LogP contribution in [0.4, 0.5) is 4.79 Å². The Hall–Kier alpha value is -2.04. The summed E-state index contributed by atoms with van der Waals surface area (Å²) in [6.45, 7) is 12.0. The highest BCUT2D eigenvalue weighted by Crippen LogP contribution is 2.43. The third-order valence-corrected chi connectivity index (χ3v) is 5.51. The second-order valence-corrected chi connectivity index (χ2v) is 8.87. The number of rotatable bonds is 0. The van der Waals surface area contributed by atoms with Crippen LogP contribution >= 0.6 is 0 Å². The number of carbonyl (C=O) groups is 2. The van der Waals surface area contributed by atoms with Crippen LogP contribution < -0.4 is 5.32 Å². The molecule has 2 aliphatic heterocycles. The van der Waals surface area contributed by atoms with Crippen molar-refractivity contribution in [1.29, 1.82) is 0 Å². The molecule has 27 heavy (non-hydrogen) atoms. The Bertz CT molecular complexity index is 629. The number of benzene rings is 1. The van der Waals surface area contributed by atoms with Gasteiger partial charge in [-0.25, -0.2) is 4.79 Å². The Kier molecular flexibility index (Phi) is 6.90. The van der Waals surface area contributed by atoms with Gasteiger partial charge in [0.2, 0.25) is 5.91 Å². The normalized spacial score (nSPS) is 21.7. The fourth-order valence-corrected chi connectivity index (χ4v) is 3.70. The molecule has 5 nitrogen and oxygen atoms in total. The molecular formula is C22H34N2O3. The zero-order chi connectivity index (χ0) is 20.1. The first-order valence-electron chi connectivity index (χ1n) is 9.88. The first-order chi connectivity index (χ1) is 12.6. The molecule has 5 heteroatoms. The zero-order valence-corrected chi connectivity index (χ0v) is 17.4. The van der Waals surface area contributed by atoms with Crippen molar-refractivity contribution >= 4 is 12.0 Å². The molecule has 0 radical (unpaired) electrons. The highest BCUT2D eigenvalue weighted by molar-refractivity contribution is 5.77. The molecule has 0 saturated carbocycles. The Labute approximate surface area is 163 Å². The molecule has 0 aliphatic carbocycles. The average molecular weight is 375 g/mol. The van der Waals surface area contributed by atoms with Gasteiger partial charge in [-0.05, 0) is 51.9 Å². The first kappa shape index (κ1) is 21.3. The van der Waals surface area contributed by atoms with Crippen LogP contribution in [0.3, 0.4) is 0 Å². The lowest BCUT2D eigenvalue weighted by Crippen LogP contribution is -2.53. The summed E-state index contributed by atoms with van der Waals surface area (Å²) < 4.78 is 5.41. The lowest BCUT2D eigenvalue weighted by atomic mass is 9.65. The number of amides is 2. The van der Waals surface area contributed by atoms with E-state index in [4.69, 9.17) is 4.74 Å². The lowest BCUT2D eigenvalue weighted by molar-refractivity contribution is -0.129. The summed E-state index contributed by atoms with van der Waals surface area (Å²) in [6, 6.07) is 10.3. The molecule has 1 spiro atoms. The van der Waals surface area contributed by atoms with Crippen LogP contribution in [0.1, 0.15) is 52.5 Å². The predicted molar refractivity (Wildman–Crippen MR) is 107 cm³/mol. The van der Waals surface area contributed by atoms with Gasteiger partial charge in [-0.2, -0.15) is 0 Å². The number of carbonyl (C=O) groups excluding carboxylic acids is 2. The van der Waals surface area contributed by atoms with Crippen LogP contribution in [-0.2, 0) is 9.53 Å². The monoisotopic (exact) mass is 374 g/mol. The summed E-state index contributed by atoms with van der Waals surface area (Å²) in [6.07, 6.45) is 2.14. The molecule has 1 atom stereocenters. The molecule has 1 N–H and O–H groups in total. The highest BCUT2D eigenvalue weighted by atomic mass is 16.6. The smallest absolute Gasteiger partial charge is 0.410 e. The summed E-state index contributed by atoms with van der Waals surface area (Å²) in [5.41, 5.74) is 0.938. The molecule has 2 heterocycles. The van der Waals surface area contributed by atoms with Crippen LogP contribution in [0.15, 0.2) is 30.3 Å². The molecule has 2 amide bonds. The number of aryl methyl sites for hydroxylation is 1. The van der Waals surface area contributed by atoms with Crippen LogP contribution in [0, 0.1) is 18.3 Å². The van der Waals surface area contributed by atoms with E-state index in [-0.39, 0.29) is 17.4 Å². The van der Waals surface area contributed by atoms with Crippen molar-refractivity contribution in [3.8, 4) is 0 Å². The molecule has 1 aromatic rings. The number of nitrogens with zero attached hydrogens (tertiary/aromatic N) is 1. The van der Waals surface area contributed by atoms with E-state index in [1.807, 2.05) is 39.0 Å². The maximum Gasteiger partial charge on any atom is 0.410 e. The van der Waals surface area contributed by atoms with Crippen molar-refractivity contribution in [3.05, 3.63) is 35.9 Å². The van der Waals surface area contributed by atoms with Crippen molar-refractivity contribution in [2.75, 3.05) is 19.6 Å². The van der Waals surface area contributed by atoms with E-state index in [1.54, 1.807) is 4.90 Å². The van der Waals surface area contributed by atoms with Gasteiger partial charge in [0.05, 0.1) is 0 Å². The Morgan fingerprint density at radius 2 is 1.78 bits per heavy atom. The number of nitrogens with one attached hydrogen (secondary N) is 1. The Morgan fingerprint density at radius 3 is 2.26 bits per heavy atom. The first-order valence-corrected chi connectivity index (χ1v) is 9.88. The van der Waals surface area contributed by atoms with Gasteiger partial charge in [0.15, 0.2) is 0 Å². The third-order valence-electron chi connectivity index (χ3n) is 5.51. The predicted octanol–water partition coefficient (Wildman–Crippen LogP) is 4.15. The van der Waals surface area contributed by atoms with E-state index in [0.717, 1.165) is 19.4 Å². The van der Waals surface area contributed by atoms with Crippen LogP contribution in [0.25, 0.3) is 0 Å². The number of hydrogen-bond donors (Lipinski definition) is 1. The Balaban J connectivity index is 0.000000313. The van der Waals surface area contributed by atoms with Crippen molar-refractivity contribution < 1.29 is 14.3 Å².